The van der Waals surface area contributed by atoms with Crippen LogP contribution in [0, 0.1) is 0 Å². The van der Waals surface area contributed by atoms with Crippen LogP contribution in [0.3, 0.4) is 0 Å². The summed E-state index contributed by atoms with van der Waals surface area (Å²) < 4.78 is 11.0. The number of hydroxylamine groups is 1. The molecule has 1 aliphatic rings. The van der Waals surface area contributed by atoms with E-state index in [1.54, 1.807) is 0 Å². The van der Waals surface area contributed by atoms with Gasteiger partial charge in [-0.05, 0) is 0 Å². The molecule has 4 nitrogen and oxygen atoms in total. The van der Waals surface area contributed by atoms with E-state index in [-0.39, 0.29) is 0 Å². The number of nitrogens with one attached hydrogen (secondary N) is 1. The fraction of sp³-hybridized carbons (Fsp3) is 0.667. The van der Waals surface area contributed by atoms with Gasteiger partial charge in [-0.15, -0.1) is 0 Å². The Morgan fingerprint density at radius 1 is 2.14 bits per heavy atom. The number of cyclic esters (lactones) is 1. The molecule has 4 heteroatoms. The highest BCUT2D eigenvalue weighted by Crippen LogP contribution is 1.97. The summed E-state index contributed by atoms with van der Waals surface area (Å²) in [6.07, 6.45) is -1.38. The molecule has 0 radical (unpaired) electrons. The molecule has 1 N–H and O–H groups in total. The lowest BCUT2D eigenvalue weighted by molar-refractivity contribution is -0.0430. The van der Waals surface area contributed by atoms with Gasteiger partial charge in [0, 0.05) is 6.92 Å². The van der Waals surface area contributed by atoms with Crippen molar-refractivity contribution >= 4 is 6.09 Å². The van der Waals surface area contributed by atoms with E-state index in [1.807, 2.05) is 0 Å². The fourth-order valence-corrected chi connectivity index (χ4v) is 0.302. The minimum atomic E-state index is -0.766. The van der Waals surface area contributed by atoms with Gasteiger partial charge in [-0.3, -0.25) is 0 Å². The molecule has 1 rings (SSSR count). The summed E-state index contributed by atoms with van der Waals surface area (Å²) in [6.45, 7) is 1.53. The van der Waals surface area contributed by atoms with Crippen LogP contribution >= 0.6 is 0 Å². The summed E-state index contributed by atoms with van der Waals surface area (Å²) in [7, 11) is 0. The summed E-state index contributed by atoms with van der Waals surface area (Å²) in [5.41, 5.74) is 0.310. The third-order valence-electron chi connectivity index (χ3n) is 0.542. The average Bonchev–Trinajstić information content (AvgIpc) is 1.85. The van der Waals surface area contributed by atoms with Gasteiger partial charge in [0.25, 0.3) is 0 Å². The molecule has 0 aromatic rings. The molecule has 40 valence electrons. The van der Waals surface area contributed by atoms with Crippen LogP contribution in [0.1, 0.15) is 6.92 Å². The van der Waals surface area contributed by atoms with Gasteiger partial charge in [0.2, 0.25) is 7.70 Å². The molecule has 0 aliphatic carbocycles. The van der Waals surface area contributed by atoms with E-state index < -0.39 is 12.4 Å². The van der Waals surface area contributed by atoms with Crippen molar-refractivity contribution in [2.75, 3.05) is 0 Å². The maximum Gasteiger partial charge on any atom is 0.433 e. The molecular formula is C3H5NO3. The number of carbonyl (C=O) groups excluding carboxylic acids is 1. The molecule has 0 spiro atoms. The number of amides is 1. The highest BCUT2D eigenvalue weighted by atomic mass is 16.9. The SMILES string of the molecule is [2H]N1OC(C)OC1=O. The zero-order valence-electron chi connectivity index (χ0n) is 4.75. The predicted molar refractivity (Wildman–Crippen MR) is 20.2 cm³/mol. The molecule has 1 heterocycles. The molecule has 0 aromatic carbocycles. The Labute approximate surface area is 41.8 Å². The highest BCUT2D eigenvalue weighted by molar-refractivity contribution is 5.66. The van der Waals surface area contributed by atoms with E-state index in [4.69, 9.17) is 1.41 Å². The van der Waals surface area contributed by atoms with E-state index in [9.17, 15) is 4.79 Å². The molecule has 1 unspecified atom stereocenters. The van der Waals surface area contributed by atoms with Crippen molar-refractivity contribution in [2.24, 2.45) is 0 Å². The minimum Gasteiger partial charge on any atom is -0.416 e. The van der Waals surface area contributed by atoms with E-state index >= 15 is 0 Å². The van der Waals surface area contributed by atoms with Crippen LogP contribution < -0.4 is 5.47 Å². The van der Waals surface area contributed by atoms with Gasteiger partial charge in [0.1, 0.15) is 0 Å². The summed E-state index contributed by atoms with van der Waals surface area (Å²) in [4.78, 5) is 14.6. The molecule has 1 atom stereocenters. The largest absolute Gasteiger partial charge is 0.433 e. The zero-order chi connectivity index (χ0) is 6.15. The standard InChI is InChI=1S/C3H5NO3/c1-2-6-3(5)4-7-2/h2H,1H3,(H,4,5)/i/hD. The lowest BCUT2D eigenvalue weighted by atomic mass is 10.8. The Morgan fingerprint density at radius 3 is 3.00 bits per heavy atom. The molecule has 1 saturated heterocycles. The van der Waals surface area contributed by atoms with Crippen LogP contribution in [-0.4, -0.2) is 12.4 Å². The molecule has 1 aliphatic heterocycles. The van der Waals surface area contributed by atoms with Crippen molar-refractivity contribution in [1.29, 1.82) is 0 Å². The molecule has 7 heavy (non-hydrogen) atoms. The molecule has 1 amide bonds. The molecular weight excluding hydrogens is 98.0 g/mol. The van der Waals surface area contributed by atoms with Crippen molar-refractivity contribution in [3.05, 3.63) is 0 Å². The van der Waals surface area contributed by atoms with Crippen LogP contribution in [0.25, 0.3) is 0 Å². The number of rotatable bonds is 0. The van der Waals surface area contributed by atoms with Gasteiger partial charge in [0.15, 0.2) is 0 Å². The van der Waals surface area contributed by atoms with Crippen LogP contribution in [-0.2, 0) is 9.57 Å². The fourth-order valence-electron chi connectivity index (χ4n) is 0.302. The zero-order valence-corrected chi connectivity index (χ0v) is 3.75. The molecule has 0 bridgehead atoms. The number of carbonyl (C=O) groups is 1. The van der Waals surface area contributed by atoms with Crippen LogP contribution in [0.4, 0.5) is 4.79 Å². The van der Waals surface area contributed by atoms with Gasteiger partial charge < -0.3 is 4.74 Å². The van der Waals surface area contributed by atoms with Crippen molar-refractivity contribution in [3.63, 3.8) is 0 Å². The van der Waals surface area contributed by atoms with Gasteiger partial charge in [-0.25, -0.2) is 9.63 Å². The van der Waals surface area contributed by atoms with Crippen molar-refractivity contribution in [3.8, 4) is 0 Å². The number of ether oxygens (including phenoxy) is 1. The van der Waals surface area contributed by atoms with Crippen molar-refractivity contribution in [1.82, 2.24) is 5.47 Å². The second-order valence-electron chi connectivity index (χ2n) is 1.15. The number of hydrogen-bond acceptors (Lipinski definition) is 3. The van der Waals surface area contributed by atoms with Crippen molar-refractivity contribution in [2.45, 2.75) is 13.2 Å². The third-order valence-corrected chi connectivity index (χ3v) is 0.542. The Bertz CT molecular complexity index is 117. The topological polar surface area (TPSA) is 47.6 Å². The average molecular weight is 104 g/mol. The second-order valence-corrected chi connectivity index (χ2v) is 1.15. The summed E-state index contributed by atoms with van der Waals surface area (Å²) >= 11 is 0. The lowest BCUT2D eigenvalue weighted by Crippen LogP contribution is -2.10. The van der Waals surface area contributed by atoms with Gasteiger partial charge in [-0.2, -0.15) is 5.47 Å². The van der Waals surface area contributed by atoms with E-state index in [1.165, 1.54) is 6.92 Å². The van der Waals surface area contributed by atoms with Gasteiger partial charge in [0.05, 0.1) is 0 Å². The maximum absolute atomic E-state index is 10.2. The smallest absolute Gasteiger partial charge is 0.416 e. The first-order valence-electron chi connectivity index (χ1n) is 2.31. The predicted octanol–water partition coefficient (Wildman–Crippen LogP) is 0.00380. The first-order valence-corrected chi connectivity index (χ1v) is 1.86. The maximum atomic E-state index is 10.2. The third kappa shape index (κ3) is 0.806. The van der Waals surface area contributed by atoms with Gasteiger partial charge >= 0.3 is 6.09 Å². The van der Waals surface area contributed by atoms with E-state index in [0.29, 0.717) is 5.47 Å². The Hall–Kier alpha value is -0.770. The van der Waals surface area contributed by atoms with Crippen molar-refractivity contribution < 1.29 is 15.8 Å². The lowest BCUT2D eigenvalue weighted by Gasteiger charge is -1.91. The Balaban J connectivity index is 2.51. The van der Waals surface area contributed by atoms with Gasteiger partial charge in [-0.1, -0.05) is 0 Å². The molecule has 0 aromatic heterocycles. The first kappa shape index (κ1) is 3.26. The number of hydrogen-bond donors (Lipinski definition) is 1. The van der Waals surface area contributed by atoms with E-state index in [0.717, 1.165) is 0 Å². The van der Waals surface area contributed by atoms with Crippen LogP contribution in [0.15, 0.2) is 0 Å². The van der Waals surface area contributed by atoms with E-state index in [2.05, 4.69) is 9.57 Å². The normalized spacial score (nSPS) is 32.7. The van der Waals surface area contributed by atoms with Crippen LogP contribution in [0.5, 0.6) is 0 Å². The first-order chi connectivity index (χ1) is 3.70. The minimum absolute atomic E-state index is 0.310. The molecule has 1 fully saturated rings. The molecule has 0 saturated carbocycles. The Kier molecular flexibility index (Phi) is 0.643. The summed E-state index contributed by atoms with van der Waals surface area (Å²) in [6, 6.07) is 0. The summed E-state index contributed by atoms with van der Waals surface area (Å²) in [5, 5.41) is 0. The quantitative estimate of drug-likeness (QED) is 0.470. The highest BCUT2D eigenvalue weighted by Gasteiger charge is 2.17. The van der Waals surface area contributed by atoms with Crippen LogP contribution in [0.2, 0.25) is 1.41 Å². The second kappa shape index (κ2) is 1.38. The summed E-state index contributed by atoms with van der Waals surface area (Å²) in [5.74, 6) is 0. The Morgan fingerprint density at radius 2 is 2.86 bits per heavy atom. The monoisotopic (exact) mass is 104 g/mol.